The molecule has 1 aliphatic carbocycles. The topological polar surface area (TPSA) is 11.4 Å². The van der Waals surface area contributed by atoms with Gasteiger partial charge in [-0.15, -0.1) is 0 Å². The summed E-state index contributed by atoms with van der Waals surface area (Å²) in [4.78, 5) is 4.97. The molecule has 15 aromatic rings. The molecule has 470 valence electrons. The molecule has 0 fully saturated rings. The molecule has 0 saturated heterocycles. The molecule has 0 bridgehead atoms. The predicted molar refractivity (Wildman–Crippen MR) is 412 cm³/mol. The fraction of sp³-hybridized carbons (Fsp3) is 0.116. The first kappa shape index (κ1) is 50.8. The third-order valence-electron chi connectivity index (χ3n) is 20.6. The molecule has 1 unspecified atom stereocenters. The Balaban J connectivity index is 1.02. The van der Waals surface area contributed by atoms with E-state index in [1.807, 2.05) is 18.2 Å². The fourth-order valence-corrected chi connectivity index (χ4v) is 15.7. The number of anilines is 6. The molecule has 1 atom stereocenters. The van der Waals surface area contributed by atoms with Gasteiger partial charge in [0.05, 0.1) is 44.7 Å². The highest BCUT2D eigenvalue weighted by Gasteiger charge is 2.43. The maximum atomic E-state index is 9.80. The van der Waals surface area contributed by atoms with E-state index in [9.17, 15) is 8.22 Å². The Hall–Kier alpha value is -11.5. The lowest BCUT2D eigenvalue weighted by molar-refractivity contribution is 0.569. The molecule has 18 rings (SSSR count). The molecule has 3 aliphatic rings. The zero-order chi connectivity index (χ0) is 72.9. The van der Waals surface area contributed by atoms with Crippen LogP contribution in [0.1, 0.15) is 120 Å². The summed E-state index contributed by atoms with van der Waals surface area (Å²) in [6, 6.07) is 96.0. The Kier molecular flexibility index (Phi) is 12.0. The van der Waals surface area contributed by atoms with Gasteiger partial charge in [-0.2, -0.15) is 0 Å². The van der Waals surface area contributed by atoms with E-state index in [-0.39, 0.29) is 62.7 Å². The van der Waals surface area contributed by atoms with Crippen LogP contribution in [0.5, 0.6) is 0 Å². The summed E-state index contributed by atoms with van der Waals surface area (Å²) in [6.07, 6.45) is 0.783. The third kappa shape index (κ3) is 10.0. The van der Waals surface area contributed by atoms with Crippen molar-refractivity contribution in [3.05, 3.63) is 377 Å². The van der Waals surface area contributed by atoms with Gasteiger partial charge in [-0.1, -0.05) is 284 Å². The van der Waals surface area contributed by atoms with Crippen LogP contribution in [0.15, 0.2) is 321 Å². The zero-order valence-corrected chi connectivity index (χ0v) is 55.7. The smallest absolute Gasteiger partial charge is 0.0645 e. The summed E-state index contributed by atoms with van der Waals surface area (Å²) in [5.74, 6) is -0.697. The van der Waals surface area contributed by atoms with Gasteiger partial charge in [-0.25, -0.2) is 0 Å². The quantitative estimate of drug-likeness (QED) is 0.143. The fourth-order valence-electron chi connectivity index (χ4n) is 15.7. The minimum Gasteiger partial charge on any atom is -0.310 e. The first-order chi connectivity index (χ1) is 51.2. The number of para-hydroxylation sites is 2. The van der Waals surface area contributed by atoms with Crippen LogP contribution in [0, 0.1) is 0 Å². The molecule has 0 amide bonds. The van der Waals surface area contributed by atoms with E-state index >= 15 is 0 Å². The van der Waals surface area contributed by atoms with Gasteiger partial charge in [-0.05, 0) is 202 Å². The number of hydrogen-bond acceptors (Lipinski definition) is 2. The summed E-state index contributed by atoms with van der Waals surface area (Å²) >= 11 is 0. The van der Waals surface area contributed by atoms with Crippen LogP contribution in [0.25, 0.3) is 83.1 Å². The average molecular weight is 1270 g/mol. The van der Waals surface area contributed by atoms with Crippen LogP contribution in [-0.4, -0.2) is 4.57 Å². The van der Waals surface area contributed by atoms with Gasteiger partial charge in [0.15, 0.2) is 0 Å². The third-order valence-corrected chi connectivity index (χ3v) is 20.6. The van der Waals surface area contributed by atoms with Gasteiger partial charge in [0, 0.05) is 45.2 Å². The highest BCUT2D eigenvalue weighted by atomic mass is 15.2. The Bertz CT molecular complexity index is 5860. The minimum absolute atomic E-state index is 0.0184. The van der Waals surface area contributed by atoms with Gasteiger partial charge in [0.1, 0.15) is 0 Å². The highest BCUT2D eigenvalue weighted by Crippen LogP contribution is 2.63. The zero-order valence-electron chi connectivity index (χ0n) is 63.7. The number of nitrogens with zero attached hydrogens (tertiary/aromatic N) is 3. The predicted octanol–water partition coefficient (Wildman–Crippen LogP) is 25.5. The second kappa shape index (κ2) is 23.1. The van der Waals surface area contributed by atoms with Crippen molar-refractivity contribution in [2.24, 2.45) is 0 Å². The Labute approximate surface area is 587 Å². The highest BCUT2D eigenvalue weighted by molar-refractivity contribution is 6.10. The number of benzene rings is 14. The molecule has 98 heavy (non-hydrogen) atoms. The van der Waals surface area contributed by atoms with Crippen LogP contribution in [0.3, 0.4) is 0 Å². The number of aromatic nitrogens is 1. The maximum Gasteiger partial charge on any atom is 0.0645 e. The van der Waals surface area contributed by atoms with E-state index in [4.69, 9.17) is 2.74 Å². The van der Waals surface area contributed by atoms with Gasteiger partial charge >= 0.3 is 0 Å². The van der Waals surface area contributed by atoms with Crippen LogP contribution in [0.2, 0.25) is 0 Å². The summed E-state index contributed by atoms with van der Waals surface area (Å²) in [6.45, 7) is 13.8. The molecule has 3 heterocycles. The van der Waals surface area contributed by atoms with Crippen molar-refractivity contribution in [3.63, 3.8) is 0 Å². The van der Waals surface area contributed by atoms with Crippen molar-refractivity contribution in [1.29, 1.82) is 0 Å². The summed E-state index contributed by atoms with van der Waals surface area (Å²) in [5.41, 5.74) is 27.9. The maximum absolute atomic E-state index is 9.80. The molecule has 1 aromatic heterocycles. The van der Waals surface area contributed by atoms with Crippen LogP contribution in [-0.2, 0) is 17.3 Å². The van der Waals surface area contributed by atoms with Crippen molar-refractivity contribution in [2.45, 2.75) is 70.6 Å². The summed E-state index contributed by atoms with van der Waals surface area (Å²) in [5, 5.41) is 0.0367. The largest absolute Gasteiger partial charge is 0.310 e. The van der Waals surface area contributed by atoms with Crippen LogP contribution < -0.4 is 9.80 Å². The molecular weight excluding hydrogens is 1180 g/mol. The second-order valence-electron chi connectivity index (χ2n) is 28.7. The molecule has 0 saturated carbocycles. The van der Waals surface area contributed by atoms with Gasteiger partial charge < -0.3 is 14.4 Å². The van der Waals surface area contributed by atoms with Crippen LogP contribution in [0.4, 0.5) is 34.1 Å². The van der Waals surface area contributed by atoms with Crippen molar-refractivity contribution in [3.8, 4) is 61.3 Å². The molecule has 3 heteroatoms. The van der Waals surface area contributed by atoms with Crippen molar-refractivity contribution in [1.82, 2.24) is 4.57 Å². The van der Waals surface area contributed by atoms with Gasteiger partial charge in [0.25, 0.3) is 0 Å². The lowest BCUT2D eigenvalue weighted by Gasteiger charge is -2.46. The lowest BCUT2D eigenvalue weighted by Crippen LogP contribution is -2.30. The second-order valence-corrected chi connectivity index (χ2v) is 28.7. The molecular formula is C95H75N3. The van der Waals surface area contributed by atoms with Crippen molar-refractivity contribution < 1.29 is 11.0 Å². The van der Waals surface area contributed by atoms with Crippen molar-refractivity contribution >= 4 is 55.9 Å². The average Bonchev–Trinajstić information content (AvgIpc) is 0.782. The SMILES string of the molecule is [2H]c1c([2H])c([2H])c2c(c1[2H])c1c([2H])c([2H])c([2H])c([2H])c1n2-c1ccc2c(c1)N(c1cc(-c3ccccc3)cc(-c3ccccc3)c1)c1cc(C3c4ccccc4Cc4ccccc43)cc3c1C2c1ccc(-c2cc(C(C)(C)C)cc(C(C)(C)C)c2)cc1N3c1cc(-c2ccccc2)cc(-c2ccccc2)c1. The van der Waals surface area contributed by atoms with E-state index in [2.05, 4.69) is 306 Å². The summed E-state index contributed by atoms with van der Waals surface area (Å²) < 4.78 is 76.9. The van der Waals surface area contributed by atoms with E-state index in [1.54, 1.807) is 4.57 Å². The normalized spacial score (nSPS) is 15.1. The first-order valence-electron chi connectivity index (χ1n) is 38.1. The lowest BCUT2D eigenvalue weighted by atomic mass is 9.71. The van der Waals surface area contributed by atoms with E-state index in [1.165, 1.54) is 33.4 Å². The number of fused-ring (bicyclic) bond motifs is 9. The monoisotopic (exact) mass is 1270 g/mol. The minimum atomic E-state index is -0.493. The molecule has 0 radical (unpaired) electrons. The van der Waals surface area contributed by atoms with E-state index in [0.717, 1.165) is 118 Å². The first-order valence-corrected chi connectivity index (χ1v) is 34.1. The Morgan fingerprint density at radius 1 is 0.306 bits per heavy atom. The Morgan fingerprint density at radius 2 is 0.704 bits per heavy atom. The van der Waals surface area contributed by atoms with Crippen LogP contribution >= 0.6 is 0 Å². The van der Waals surface area contributed by atoms with E-state index < -0.39 is 30.1 Å². The Morgan fingerprint density at radius 3 is 1.15 bits per heavy atom. The van der Waals surface area contributed by atoms with Gasteiger partial charge in [0.2, 0.25) is 0 Å². The van der Waals surface area contributed by atoms with Crippen molar-refractivity contribution in [2.75, 3.05) is 9.80 Å². The molecule has 0 N–H and O–H groups in total. The molecule has 2 aliphatic heterocycles. The number of rotatable bonds is 9. The molecule has 0 spiro atoms. The standard InChI is InChI=1S/C95H75N3/c1-94(2,3)74-50-72(51-75(59-74)95(4,5)6)65-43-45-83-87(56-65)97(77-52-68(61-27-11-7-12-28-61)48-69(53-77)62-29-13-8-14-30-62)89-57-73(91-79-37-21-19-35-66(79)47-67-36-20-22-38-80(67)91)58-90-93(89)92(83)84-46-44-76(96-85-41-25-23-39-81(85)82-40-24-26-42-86(82)96)60-88(84)98(90)78-54-70(63-31-15-9-16-32-63)49-71(55-78)64-33-17-10-18-34-64/h7-46,48-60,91-92H,47H2,1-6H3/i23D,24D,25D,26D,39D,40D,41D,42D. The summed E-state index contributed by atoms with van der Waals surface area (Å²) in [7, 11) is 0. The molecule has 14 aromatic carbocycles. The number of hydrogen-bond donors (Lipinski definition) is 0. The molecule has 3 nitrogen and oxygen atoms in total. The van der Waals surface area contributed by atoms with E-state index in [0.29, 0.717) is 5.69 Å². The van der Waals surface area contributed by atoms with Gasteiger partial charge in [-0.3, -0.25) is 0 Å².